The van der Waals surface area contributed by atoms with E-state index in [2.05, 4.69) is 40.3 Å². The summed E-state index contributed by atoms with van der Waals surface area (Å²) in [5.41, 5.74) is 0. The fraction of sp³-hybridized carbons (Fsp3) is 0.867. The maximum absolute atomic E-state index is 2.48. The minimum atomic E-state index is 0.981. The Labute approximate surface area is 107 Å². The quantitative estimate of drug-likeness (QED) is 0.520. The van der Waals surface area contributed by atoms with Crippen molar-refractivity contribution in [2.45, 2.75) is 19.3 Å². The van der Waals surface area contributed by atoms with E-state index >= 15 is 0 Å². The van der Waals surface area contributed by atoms with E-state index in [1.807, 2.05) is 0 Å². The normalized spacial score (nSPS) is 31.5. The van der Waals surface area contributed by atoms with Crippen LogP contribution in [0.3, 0.4) is 0 Å². The van der Waals surface area contributed by atoms with Crippen LogP contribution >= 0.6 is 0 Å². The topological polar surface area (TPSA) is 0 Å². The molecule has 1 aliphatic carbocycles. The SMILES string of the molecule is C[N+](C)(C)CCC[N+]1(C)C[C@@H]2CC=CC[C@H]2C1. The van der Waals surface area contributed by atoms with Crippen molar-refractivity contribution in [3.63, 3.8) is 0 Å². The number of fused-ring (bicyclic) bond motifs is 1. The molecule has 1 heterocycles. The Bertz CT molecular complexity index is 272. The molecule has 17 heavy (non-hydrogen) atoms. The Kier molecular flexibility index (Phi) is 3.65. The smallest absolute Gasteiger partial charge is 0.0839 e. The first-order chi connectivity index (χ1) is 7.88. The standard InChI is InChI=1S/C15H30N2/c1-16(2,3)10-7-11-17(4)12-14-8-5-6-9-15(14)13-17/h5-6,14-15H,7-13H2,1-4H3/q+2/t14-,15-/m0/s1. The summed E-state index contributed by atoms with van der Waals surface area (Å²) < 4.78 is 2.44. The molecule has 0 spiro atoms. The molecule has 1 fully saturated rings. The van der Waals surface area contributed by atoms with Gasteiger partial charge in [0.1, 0.15) is 0 Å². The minimum absolute atomic E-state index is 0.981. The van der Waals surface area contributed by atoms with Crippen LogP contribution in [0.1, 0.15) is 19.3 Å². The van der Waals surface area contributed by atoms with Crippen molar-refractivity contribution in [3.05, 3.63) is 12.2 Å². The van der Waals surface area contributed by atoms with Gasteiger partial charge in [0.15, 0.2) is 0 Å². The first kappa shape index (κ1) is 13.1. The van der Waals surface area contributed by atoms with Gasteiger partial charge < -0.3 is 8.97 Å². The molecule has 0 radical (unpaired) electrons. The molecule has 1 aliphatic heterocycles. The molecule has 0 aromatic heterocycles. The molecule has 2 aliphatic rings. The Balaban J connectivity index is 1.81. The summed E-state index contributed by atoms with van der Waals surface area (Å²) in [5.74, 6) is 1.96. The molecule has 0 aromatic rings. The van der Waals surface area contributed by atoms with Crippen molar-refractivity contribution in [2.24, 2.45) is 11.8 Å². The van der Waals surface area contributed by atoms with Crippen molar-refractivity contribution in [1.29, 1.82) is 0 Å². The summed E-state index contributed by atoms with van der Waals surface area (Å²) in [5, 5.41) is 0. The zero-order valence-electron chi connectivity index (χ0n) is 12.2. The van der Waals surface area contributed by atoms with Crippen molar-refractivity contribution >= 4 is 0 Å². The maximum Gasteiger partial charge on any atom is 0.0839 e. The molecule has 0 saturated carbocycles. The molecule has 1 saturated heterocycles. The van der Waals surface area contributed by atoms with E-state index in [4.69, 9.17) is 0 Å². The lowest BCUT2D eigenvalue weighted by Crippen LogP contribution is -2.45. The summed E-state index contributed by atoms with van der Waals surface area (Å²) in [7, 11) is 9.38. The fourth-order valence-electron chi connectivity index (χ4n) is 3.69. The monoisotopic (exact) mass is 238 g/mol. The van der Waals surface area contributed by atoms with Crippen LogP contribution in [-0.2, 0) is 0 Å². The largest absolute Gasteiger partial charge is 0.331 e. The Morgan fingerprint density at radius 2 is 1.59 bits per heavy atom. The molecule has 2 atom stereocenters. The van der Waals surface area contributed by atoms with Crippen molar-refractivity contribution in [3.8, 4) is 0 Å². The molecule has 0 amide bonds. The van der Waals surface area contributed by atoms with Gasteiger partial charge in [-0.1, -0.05) is 12.2 Å². The number of likely N-dealkylation sites (tertiary alicyclic amines) is 1. The van der Waals surface area contributed by atoms with Crippen molar-refractivity contribution < 1.29 is 8.97 Å². The van der Waals surface area contributed by atoms with Gasteiger partial charge in [-0.15, -0.1) is 0 Å². The second-order valence-corrected chi connectivity index (χ2v) is 7.54. The Hall–Kier alpha value is -0.340. The van der Waals surface area contributed by atoms with Crippen LogP contribution in [0, 0.1) is 11.8 Å². The van der Waals surface area contributed by atoms with Gasteiger partial charge in [-0.3, -0.25) is 0 Å². The molecule has 0 unspecified atom stereocenters. The first-order valence-corrected chi connectivity index (χ1v) is 7.17. The van der Waals surface area contributed by atoms with Crippen LogP contribution < -0.4 is 0 Å². The summed E-state index contributed by atoms with van der Waals surface area (Å²) in [4.78, 5) is 0. The van der Waals surface area contributed by atoms with E-state index in [-0.39, 0.29) is 0 Å². The highest BCUT2D eigenvalue weighted by molar-refractivity contribution is 4.96. The van der Waals surface area contributed by atoms with E-state index in [0.717, 1.165) is 16.3 Å². The number of rotatable bonds is 4. The van der Waals surface area contributed by atoms with Gasteiger partial charge in [-0.05, 0) is 12.8 Å². The van der Waals surface area contributed by atoms with E-state index in [9.17, 15) is 0 Å². The summed E-state index contributed by atoms with van der Waals surface area (Å²) in [6, 6.07) is 0. The van der Waals surface area contributed by atoms with E-state index in [1.165, 1.54) is 49.9 Å². The van der Waals surface area contributed by atoms with Crippen molar-refractivity contribution in [2.75, 3.05) is 54.4 Å². The van der Waals surface area contributed by atoms with Gasteiger partial charge in [0, 0.05) is 18.3 Å². The number of hydrogen-bond donors (Lipinski definition) is 0. The molecule has 2 nitrogen and oxygen atoms in total. The third-order valence-corrected chi connectivity index (χ3v) is 4.59. The van der Waals surface area contributed by atoms with Crippen LogP contribution in [0.25, 0.3) is 0 Å². The average Bonchev–Trinajstić information content (AvgIpc) is 2.51. The average molecular weight is 238 g/mol. The lowest BCUT2D eigenvalue weighted by Gasteiger charge is -2.32. The van der Waals surface area contributed by atoms with Crippen LogP contribution in [0.15, 0.2) is 12.2 Å². The summed E-state index contributed by atoms with van der Waals surface area (Å²) >= 11 is 0. The molecule has 0 N–H and O–H groups in total. The van der Waals surface area contributed by atoms with Crippen LogP contribution in [-0.4, -0.2) is 63.3 Å². The van der Waals surface area contributed by atoms with Gasteiger partial charge in [-0.25, -0.2) is 0 Å². The molecule has 2 heteroatoms. The second kappa shape index (κ2) is 4.74. The maximum atomic E-state index is 2.48. The molecule has 2 rings (SSSR count). The van der Waals surface area contributed by atoms with Gasteiger partial charge >= 0.3 is 0 Å². The summed E-state index contributed by atoms with van der Waals surface area (Å²) in [6.07, 6.45) is 8.86. The molecule has 0 bridgehead atoms. The highest BCUT2D eigenvalue weighted by atomic mass is 15.4. The fourth-order valence-corrected chi connectivity index (χ4v) is 3.69. The zero-order valence-corrected chi connectivity index (χ0v) is 12.2. The highest BCUT2D eigenvalue weighted by Crippen LogP contribution is 2.36. The van der Waals surface area contributed by atoms with E-state index in [0.29, 0.717) is 0 Å². The molecular weight excluding hydrogens is 208 g/mol. The highest BCUT2D eigenvalue weighted by Gasteiger charge is 2.42. The number of allylic oxidation sites excluding steroid dienone is 2. The van der Waals surface area contributed by atoms with E-state index in [1.54, 1.807) is 0 Å². The Morgan fingerprint density at radius 1 is 1.06 bits per heavy atom. The van der Waals surface area contributed by atoms with Gasteiger partial charge in [-0.2, -0.15) is 0 Å². The second-order valence-electron chi connectivity index (χ2n) is 7.54. The lowest BCUT2D eigenvalue weighted by atomic mass is 9.86. The van der Waals surface area contributed by atoms with Crippen LogP contribution in [0.2, 0.25) is 0 Å². The van der Waals surface area contributed by atoms with Crippen molar-refractivity contribution in [1.82, 2.24) is 0 Å². The number of quaternary nitrogens is 2. The predicted molar refractivity (Wildman–Crippen MR) is 73.7 cm³/mol. The van der Waals surface area contributed by atoms with Gasteiger partial charge in [0.25, 0.3) is 0 Å². The minimum Gasteiger partial charge on any atom is -0.331 e. The Morgan fingerprint density at radius 3 is 2.06 bits per heavy atom. The van der Waals surface area contributed by atoms with Crippen LogP contribution in [0.4, 0.5) is 0 Å². The summed E-state index contributed by atoms with van der Waals surface area (Å²) in [6.45, 7) is 5.53. The zero-order chi connectivity index (χ0) is 12.5. The molecular formula is C15H30N2+2. The lowest BCUT2D eigenvalue weighted by molar-refractivity contribution is -0.909. The number of nitrogens with zero attached hydrogens (tertiary/aromatic N) is 2. The third kappa shape index (κ3) is 3.56. The number of hydrogen-bond acceptors (Lipinski definition) is 0. The van der Waals surface area contributed by atoms with Gasteiger partial charge in [0.2, 0.25) is 0 Å². The van der Waals surface area contributed by atoms with Crippen LogP contribution in [0.5, 0.6) is 0 Å². The third-order valence-electron chi connectivity index (χ3n) is 4.59. The first-order valence-electron chi connectivity index (χ1n) is 7.17. The predicted octanol–water partition coefficient (Wildman–Crippen LogP) is 2.13. The molecule has 0 aromatic carbocycles. The van der Waals surface area contributed by atoms with E-state index < -0.39 is 0 Å². The molecule has 98 valence electrons. The van der Waals surface area contributed by atoms with Gasteiger partial charge in [0.05, 0.1) is 54.4 Å².